The number of rotatable bonds is 3. The SMILES string of the molecule is Cc1ccc(C#N)c(NCC2CCN(C)CC2)n1. The zero-order chi connectivity index (χ0) is 13.0. The molecule has 1 aliphatic heterocycles. The molecule has 0 aromatic carbocycles. The molecule has 0 unspecified atom stereocenters. The van der Waals surface area contributed by atoms with Gasteiger partial charge in [-0.05, 0) is 58.0 Å². The first-order valence-corrected chi connectivity index (χ1v) is 6.49. The number of anilines is 1. The number of nitriles is 1. The van der Waals surface area contributed by atoms with E-state index in [1.54, 1.807) is 0 Å². The van der Waals surface area contributed by atoms with Gasteiger partial charge in [0.1, 0.15) is 11.9 Å². The molecule has 2 rings (SSSR count). The first kappa shape index (κ1) is 12.8. The normalized spacial score (nSPS) is 17.4. The maximum atomic E-state index is 9.04. The van der Waals surface area contributed by atoms with Crippen molar-refractivity contribution < 1.29 is 0 Å². The maximum absolute atomic E-state index is 9.04. The van der Waals surface area contributed by atoms with Crippen molar-refractivity contribution in [1.82, 2.24) is 9.88 Å². The van der Waals surface area contributed by atoms with Gasteiger partial charge in [0.25, 0.3) is 0 Å². The standard InChI is InChI=1S/C14H20N4/c1-11-3-4-13(9-15)14(17-11)16-10-12-5-7-18(2)8-6-12/h3-4,12H,5-8,10H2,1-2H3,(H,16,17). The summed E-state index contributed by atoms with van der Waals surface area (Å²) < 4.78 is 0. The summed E-state index contributed by atoms with van der Waals surface area (Å²) in [6, 6.07) is 5.89. The smallest absolute Gasteiger partial charge is 0.144 e. The summed E-state index contributed by atoms with van der Waals surface area (Å²) >= 11 is 0. The Morgan fingerprint density at radius 3 is 2.83 bits per heavy atom. The summed E-state index contributed by atoms with van der Waals surface area (Å²) in [5, 5.41) is 12.4. The summed E-state index contributed by atoms with van der Waals surface area (Å²) in [6.45, 7) is 5.19. The van der Waals surface area contributed by atoms with Crippen LogP contribution in [0.25, 0.3) is 0 Å². The van der Waals surface area contributed by atoms with Gasteiger partial charge in [0, 0.05) is 12.2 Å². The molecule has 1 aromatic heterocycles. The van der Waals surface area contributed by atoms with E-state index in [-0.39, 0.29) is 0 Å². The first-order chi connectivity index (χ1) is 8.69. The minimum absolute atomic E-state index is 0.633. The predicted molar refractivity (Wildman–Crippen MR) is 72.4 cm³/mol. The van der Waals surface area contributed by atoms with E-state index < -0.39 is 0 Å². The number of piperidine rings is 1. The Bertz CT molecular complexity index is 442. The lowest BCUT2D eigenvalue weighted by molar-refractivity contribution is 0.226. The van der Waals surface area contributed by atoms with Gasteiger partial charge < -0.3 is 10.2 Å². The number of hydrogen-bond acceptors (Lipinski definition) is 4. The molecule has 0 amide bonds. The van der Waals surface area contributed by atoms with E-state index in [0.29, 0.717) is 11.5 Å². The number of hydrogen-bond donors (Lipinski definition) is 1. The number of nitrogens with one attached hydrogen (secondary N) is 1. The lowest BCUT2D eigenvalue weighted by Gasteiger charge is -2.29. The van der Waals surface area contributed by atoms with Crippen LogP contribution >= 0.6 is 0 Å². The zero-order valence-corrected chi connectivity index (χ0v) is 11.1. The minimum atomic E-state index is 0.633. The Labute approximate surface area is 109 Å². The van der Waals surface area contributed by atoms with Gasteiger partial charge in [0.15, 0.2) is 0 Å². The van der Waals surface area contributed by atoms with Crippen molar-refractivity contribution >= 4 is 5.82 Å². The van der Waals surface area contributed by atoms with Crippen molar-refractivity contribution in [3.8, 4) is 6.07 Å². The van der Waals surface area contributed by atoms with Crippen LogP contribution in [-0.2, 0) is 0 Å². The van der Waals surface area contributed by atoms with Crippen molar-refractivity contribution in [2.24, 2.45) is 5.92 Å². The second-order valence-corrected chi connectivity index (χ2v) is 5.09. The molecule has 1 N–H and O–H groups in total. The van der Waals surface area contributed by atoms with Gasteiger partial charge in [0.05, 0.1) is 5.56 Å². The number of aromatic nitrogens is 1. The summed E-state index contributed by atoms with van der Waals surface area (Å²) in [5.74, 6) is 1.42. The van der Waals surface area contributed by atoms with Crippen molar-refractivity contribution in [2.45, 2.75) is 19.8 Å². The molecule has 4 heteroatoms. The lowest BCUT2D eigenvalue weighted by atomic mass is 9.97. The molecule has 1 aliphatic rings. The maximum Gasteiger partial charge on any atom is 0.144 e. The van der Waals surface area contributed by atoms with Crippen LogP contribution in [0.1, 0.15) is 24.1 Å². The zero-order valence-electron chi connectivity index (χ0n) is 11.1. The highest BCUT2D eigenvalue weighted by molar-refractivity contribution is 5.52. The molecule has 0 bridgehead atoms. The molecule has 0 atom stereocenters. The average Bonchev–Trinajstić information content (AvgIpc) is 2.38. The molecule has 2 heterocycles. The third-order valence-corrected chi connectivity index (χ3v) is 3.55. The molecule has 0 spiro atoms. The fourth-order valence-corrected chi connectivity index (χ4v) is 2.29. The van der Waals surface area contributed by atoms with Crippen molar-refractivity contribution in [2.75, 3.05) is 32.0 Å². The van der Waals surface area contributed by atoms with E-state index in [1.165, 1.54) is 25.9 Å². The van der Waals surface area contributed by atoms with Crippen LogP contribution in [0, 0.1) is 24.2 Å². The van der Waals surface area contributed by atoms with E-state index in [2.05, 4.69) is 28.3 Å². The van der Waals surface area contributed by atoms with E-state index >= 15 is 0 Å². The molecular formula is C14H20N4. The van der Waals surface area contributed by atoms with E-state index in [4.69, 9.17) is 5.26 Å². The van der Waals surface area contributed by atoms with E-state index in [9.17, 15) is 0 Å². The van der Waals surface area contributed by atoms with Gasteiger partial charge in [-0.25, -0.2) is 4.98 Å². The van der Waals surface area contributed by atoms with Crippen molar-refractivity contribution in [1.29, 1.82) is 5.26 Å². The molecule has 1 saturated heterocycles. The molecule has 96 valence electrons. The van der Waals surface area contributed by atoms with E-state index in [1.807, 2.05) is 19.1 Å². The molecule has 0 saturated carbocycles. The Kier molecular flexibility index (Phi) is 4.16. The van der Waals surface area contributed by atoms with Gasteiger partial charge in [0.2, 0.25) is 0 Å². The van der Waals surface area contributed by atoms with Crippen LogP contribution in [0.2, 0.25) is 0 Å². The molecular weight excluding hydrogens is 224 g/mol. The van der Waals surface area contributed by atoms with Crippen LogP contribution in [0.4, 0.5) is 5.82 Å². The molecule has 18 heavy (non-hydrogen) atoms. The van der Waals surface area contributed by atoms with Gasteiger partial charge in [-0.3, -0.25) is 0 Å². The Hall–Kier alpha value is -1.60. The molecule has 1 aromatic rings. The van der Waals surface area contributed by atoms with Crippen LogP contribution in [0.3, 0.4) is 0 Å². The van der Waals surface area contributed by atoms with Crippen LogP contribution in [-0.4, -0.2) is 36.6 Å². The summed E-state index contributed by atoms with van der Waals surface area (Å²) in [5.41, 5.74) is 1.58. The molecule has 0 radical (unpaired) electrons. The number of nitrogens with zero attached hydrogens (tertiary/aromatic N) is 3. The topological polar surface area (TPSA) is 52.0 Å². The average molecular weight is 244 g/mol. The van der Waals surface area contributed by atoms with Crippen molar-refractivity contribution in [3.63, 3.8) is 0 Å². The van der Waals surface area contributed by atoms with Crippen LogP contribution in [0.15, 0.2) is 12.1 Å². The summed E-state index contributed by atoms with van der Waals surface area (Å²) in [4.78, 5) is 6.76. The number of aryl methyl sites for hydroxylation is 1. The fourth-order valence-electron chi connectivity index (χ4n) is 2.29. The molecule has 0 aliphatic carbocycles. The highest BCUT2D eigenvalue weighted by Gasteiger charge is 2.16. The van der Waals surface area contributed by atoms with Gasteiger partial charge in [-0.15, -0.1) is 0 Å². The van der Waals surface area contributed by atoms with E-state index in [0.717, 1.165) is 18.1 Å². The largest absolute Gasteiger partial charge is 0.369 e. The monoisotopic (exact) mass is 244 g/mol. The third kappa shape index (κ3) is 3.21. The predicted octanol–water partition coefficient (Wildman–Crippen LogP) is 2.02. The highest BCUT2D eigenvalue weighted by Crippen LogP contribution is 2.18. The number of pyridine rings is 1. The fraction of sp³-hybridized carbons (Fsp3) is 0.571. The minimum Gasteiger partial charge on any atom is -0.369 e. The second-order valence-electron chi connectivity index (χ2n) is 5.09. The van der Waals surface area contributed by atoms with Gasteiger partial charge >= 0.3 is 0 Å². The Balaban J connectivity index is 1.94. The third-order valence-electron chi connectivity index (χ3n) is 3.55. The number of likely N-dealkylation sites (tertiary alicyclic amines) is 1. The van der Waals surface area contributed by atoms with Gasteiger partial charge in [-0.2, -0.15) is 5.26 Å². The first-order valence-electron chi connectivity index (χ1n) is 6.49. The van der Waals surface area contributed by atoms with Crippen LogP contribution in [0.5, 0.6) is 0 Å². The van der Waals surface area contributed by atoms with Gasteiger partial charge in [-0.1, -0.05) is 0 Å². The molecule has 4 nitrogen and oxygen atoms in total. The molecule has 1 fully saturated rings. The van der Waals surface area contributed by atoms with Crippen LogP contribution < -0.4 is 5.32 Å². The Morgan fingerprint density at radius 1 is 1.44 bits per heavy atom. The summed E-state index contributed by atoms with van der Waals surface area (Å²) in [7, 11) is 2.17. The second kappa shape index (κ2) is 5.83. The van der Waals surface area contributed by atoms with Crippen molar-refractivity contribution in [3.05, 3.63) is 23.4 Å². The quantitative estimate of drug-likeness (QED) is 0.883. The summed E-state index contributed by atoms with van der Waals surface area (Å²) in [6.07, 6.45) is 2.44. The highest BCUT2D eigenvalue weighted by atomic mass is 15.1. The lowest BCUT2D eigenvalue weighted by Crippen LogP contribution is -2.33. The Morgan fingerprint density at radius 2 is 2.17 bits per heavy atom.